The second kappa shape index (κ2) is 12.2. The van der Waals surface area contributed by atoms with Crippen LogP contribution >= 0.6 is 8.53 Å². The summed E-state index contributed by atoms with van der Waals surface area (Å²) >= 11 is 0. The minimum absolute atomic E-state index is 0.0397. The number of fused-ring (bicyclic) bond motifs is 1. The van der Waals surface area contributed by atoms with Gasteiger partial charge in [-0.25, -0.2) is 9.46 Å². The lowest BCUT2D eigenvalue weighted by atomic mass is 10.0. The Balaban J connectivity index is 1.55. The number of aliphatic hydroxyl groups excluding tert-OH is 1. The van der Waals surface area contributed by atoms with Crippen molar-refractivity contribution in [1.29, 1.82) is 6.69 Å². The first-order chi connectivity index (χ1) is 18.6. The molecular formula is C27H37N4O6P. The smallest absolute Gasteiger partial charge is 0.330 e. The molecule has 2 N–H and O–H groups in total. The molecule has 38 heavy (non-hydrogen) atoms. The number of nitriles is 1. The topological polar surface area (TPSA) is 130 Å². The molecule has 0 saturated carbocycles. The maximum atomic E-state index is 12.5. The Bertz CT molecular complexity index is 1300. The summed E-state index contributed by atoms with van der Waals surface area (Å²) < 4.78 is 30.2. The summed E-state index contributed by atoms with van der Waals surface area (Å²) in [4.78, 5) is 26.7. The second-order valence-electron chi connectivity index (χ2n) is 10.5. The van der Waals surface area contributed by atoms with E-state index in [2.05, 4.69) is 48.5 Å². The van der Waals surface area contributed by atoms with Crippen molar-refractivity contribution < 1.29 is 18.9 Å². The third-order valence-corrected chi connectivity index (χ3v) is 9.26. The highest BCUT2D eigenvalue weighted by Crippen LogP contribution is 2.51. The van der Waals surface area contributed by atoms with E-state index in [0.29, 0.717) is 24.2 Å². The summed E-state index contributed by atoms with van der Waals surface area (Å²) in [6, 6.07) is 8.33. The van der Waals surface area contributed by atoms with Crippen LogP contribution < -0.4 is 11.2 Å². The number of aromatic amines is 1. The summed E-state index contributed by atoms with van der Waals surface area (Å²) in [5.74, 6) is 0.199. The monoisotopic (exact) mass is 545 g/mol. The molecule has 2 aliphatic rings. The van der Waals surface area contributed by atoms with Crippen LogP contribution in [-0.4, -0.2) is 58.3 Å². The van der Waals surface area contributed by atoms with E-state index in [1.165, 1.54) is 21.9 Å². The molecule has 1 aliphatic carbocycles. The molecule has 4 rings (SSSR count). The van der Waals surface area contributed by atoms with Crippen LogP contribution in [0.1, 0.15) is 74.9 Å². The van der Waals surface area contributed by atoms with E-state index in [-0.39, 0.29) is 24.6 Å². The van der Waals surface area contributed by atoms with E-state index in [9.17, 15) is 14.9 Å². The van der Waals surface area contributed by atoms with Crippen LogP contribution in [0.3, 0.4) is 0 Å². The molecule has 5 atom stereocenters. The molecule has 11 heteroatoms. The van der Waals surface area contributed by atoms with Crippen LogP contribution in [0.4, 0.5) is 0 Å². The third-order valence-electron chi connectivity index (χ3n) is 7.13. The van der Waals surface area contributed by atoms with Gasteiger partial charge in [-0.1, -0.05) is 6.07 Å². The van der Waals surface area contributed by atoms with Gasteiger partial charge in [-0.15, -0.1) is 0 Å². The van der Waals surface area contributed by atoms with Gasteiger partial charge < -0.3 is 18.9 Å². The van der Waals surface area contributed by atoms with Gasteiger partial charge in [0.15, 0.2) is 0 Å². The molecule has 206 valence electrons. The van der Waals surface area contributed by atoms with Crippen LogP contribution in [0, 0.1) is 18.3 Å². The van der Waals surface area contributed by atoms with Gasteiger partial charge >= 0.3 is 5.69 Å². The van der Waals surface area contributed by atoms with Gasteiger partial charge in [-0.05, 0) is 70.7 Å². The van der Waals surface area contributed by atoms with Gasteiger partial charge in [0, 0.05) is 36.2 Å². The summed E-state index contributed by atoms with van der Waals surface area (Å²) in [5.41, 5.74) is 2.46. The minimum atomic E-state index is -1.53. The van der Waals surface area contributed by atoms with Crippen molar-refractivity contribution in [3.63, 3.8) is 0 Å². The second-order valence-corrected chi connectivity index (χ2v) is 11.9. The zero-order valence-corrected chi connectivity index (χ0v) is 23.4. The van der Waals surface area contributed by atoms with E-state index in [1.54, 1.807) is 6.92 Å². The van der Waals surface area contributed by atoms with Gasteiger partial charge in [0.1, 0.15) is 12.3 Å². The van der Waals surface area contributed by atoms with Crippen molar-refractivity contribution in [3.05, 3.63) is 67.5 Å². The lowest BCUT2D eigenvalue weighted by Gasteiger charge is -2.37. The van der Waals surface area contributed by atoms with Gasteiger partial charge in [0.2, 0.25) is 1.43 Å². The largest absolute Gasteiger partial charge is 0.394 e. The van der Waals surface area contributed by atoms with Crippen molar-refractivity contribution in [1.82, 2.24) is 14.2 Å². The summed E-state index contributed by atoms with van der Waals surface area (Å²) in [6.07, 6.45) is 1.87. The number of nitrogens with zero attached hydrogens (tertiary/aromatic N) is 3. The third kappa shape index (κ3) is 6.09. The van der Waals surface area contributed by atoms with Gasteiger partial charge in [0.25, 0.3) is 14.1 Å². The van der Waals surface area contributed by atoms with E-state index < -0.39 is 38.2 Å². The molecule has 0 spiro atoms. The van der Waals surface area contributed by atoms with Gasteiger partial charge in [0.05, 0.1) is 31.0 Å². The number of aromatic nitrogens is 2. The van der Waals surface area contributed by atoms with E-state index in [0.717, 1.165) is 12.8 Å². The Morgan fingerprint density at radius 2 is 2.11 bits per heavy atom. The highest BCUT2D eigenvalue weighted by molar-refractivity contribution is 7.44. The Morgan fingerprint density at radius 1 is 1.34 bits per heavy atom. The summed E-state index contributed by atoms with van der Waals surface area (Å²) in [7, 11) is -1.53. The number of rotatable bonds is 11. The highest BCUT2D eigenvalue weighted by atomic mass is 31.2. The standard InChI is InChI=1S/C27H37N4O6P/c1-16(2)31(17(3)4)38(35-15-21-8-7-20-10-19(12-28)6-9-22(20)21)37-23-11-25(36-24(23)14-32)30-13-18(5)26(33)29-27(30)34/h6,9-10,13,16-17,21,23-25,32H,7-8,11,14-15H2,1-5H3,(H,29,33,34)/t21?,23?,24-,25-,38?/m1/s1/i32D. The van der Waals surface area contributed by atoms with Crippen molar-refractivity contribution in [3.8, 4) is 6.07 Å². The molecule has 2 heterocycles. The van der Waals surface area contributed by atoms with Gasteiger partial charge in [-0.2, -0.15) is 5.26 Å². The Hall–Kier alpha value is -2.38. The molecule has 1 aliphatic heterocycles. The predicted octanol–water partition coefficient (Wildman–Crippen LogP) is 3.47. The molecule has 0 amide bonds. The molecule has 0 radical (unpaired) electrons. The van der Waals surface area contributed by atoms with Crippen molar-refractivity contribution >= 4 is 8.53 Å². The molecule has 1 aromatic carbocycles. The number of benzene rings is 1. The average Bonchev–Trinajstić information content (AvgIpc) is 3.47. The fourth-order valence-corrected chi connectivity index (χ4v) is 7.09. The highest BCUT2D eigenvalue weighted by Gasteiger charge is 2.41. The fourth-order valence-electron chi connectivity index (χ4n) is 5.28. The van der Waals surface area contributed by atoms with Crippen molar-refractivity contribution in [2.75, 3.05) is 13.2 Å². The molecule has 2 aromatic rings. The zero-order chi connectivity index (χ0) is 28.3. The molecule has 1 aromatic heterocycles. The van der Waals surface area contributed by atoms with Gasteiger partial charge in [-0.3, -0.25) is 14.3 Å². The molecule has 3 unspecified atom stereocenters. The maximum Gasteiger partial charge on any atom is 0.330 e. The lowest BCUT2D eigenvalue weighted by Crippen LogP contribution is -2.36. The first-order valence-electron chi connectivity index (χ1n) is 13.5. The van der Waals surface area contributed by atoms with Crippen molar-refractivity contribution in [2.24, 2.45) is 0 Å². The lowest BCUT2D eigenvalue weighted by molar-refractivity contribution is -0.0440. The number of ether oxygens (including phenoxy) is 1. The van der Waals surface area contributed by atoms with E-state index in [1.807, 2.05) is 18.2 Å². The molecule has 10 nitrogen and oxygen atoms in total. The summed E-state index contributed by atoms with van der Waals surface area (Å²) in [6.45, 7) is 10.4. The first-order valence-corrected chi connectivity index (χ1v) is 14.2. The zero-order valence-electron chi connectivity index (χ0n) is 23.5. The fraction of sp³-hybridized carbons (Fsp3) is 0.593. The summed E-state index contributed by atoms with van der Waals surface area (Å²) in [5, 5.41) is 13.9. The van der Waals surface area contributed by atoms with Crippen LogP contribution in [0.5, 0.6) is 0 Å². The first kappa shape index (κ1) is 27.2. The van der Waals surface area contributed by atoms with E-state index >= 15 is 0 Å². The molecule has 0 bridgehead atoms. The van der Waals surface area contributed by atoms with Crippen molar-refractivity contribution in [2.45, 2.75) is 90.3 Å². The molecule has 1 saturated heterocycles. The quantitative estimate of drug-likeness (QED) is 0.411. The Labute approximate surface area is 225 Å². The van der Waals surface area contributed by atoms with Crippen LogP contribution in [0.15, 0.2) is 34.0 Å². The number of hydrogen-bond acceptors (Lipinski definition) is 8. The average molecular weight is 546 g/mol. The normalized spacial score (nSPS) is 24.1. The number of hydrogen-bond donors (Lipinski definition) is 2. The van der Waals surface area contributed by atoms with E-state index in [4.69, 9.17) is 15.2 Å². The maximum absolute atomic E-state index is 12.5. The van der Waals surface area contributed by atoms with Crippen LogP contribution in [-0.2, 0) is 20.2 Å². The molecule has 1 fully saturated rings. The number of aryl methyl sites for hydroxylation is 2. The number of aliphatic hydroxyl groups is 1. The number of nitrogens with one attached hydrogen (secondary N) is 1. The number of H-pyrrole nitrogens is 1. The Morgan fingerprint density at radius 3 is 2.79 bits per heavy atom. The van der Waals surface area contributed by atoms with Crippen LogP contribution in [0.25, 0.3) is 0 Å². The van der Waals surface area contributed by atoms with Crippen LogP contribution in [0.2, 0.25) is 0 Å². The predicted molar refractivity (Wildman–Crippen MR) is 144 cm³/mol. The SMILES string of the molecule is [2H]OC[C@H]1O[C@@H](n2cc(C)c(=O)[nH]c2=O)CC1OP(OCC1CCc2cc(C#N)ccc21)N(C(C)C)C(C)C. The molecular weight excluding hydrogens is 507 g/mol. The minimum Gasteiger partial charge on any atom is -0.394 e. The Kier molecular flexibility index (Phi) is 8.74.